The van der Waals surface area contributed by atoms with E-state index in [1.165, 1.54) is 10.3 Å². The van der Waals surface area contributed by atoms with Gasteiger partial charge >= 0.3 is 0 Å². The average Bonchev–Trinajstić information content (AvgIpc) is 3.15. The third-order valence-corrected chi connectivity index (χ3v) is 7.07. The molecular weight excluding hydrogens is 472 g/mol. The van der Waals surface area contributed by atoms with Gasteiger partial charge in [-0.25, -0.2) is 4.98 Å². The van der Waals surface area contributed by atoms with Gasteiger partial charge in [0.05, 0.1) is 22.5 Å². The number of fused-ring (bicyclic) bond motifs is 1. The fraction of sp³-hybridized carbons (Fsp3) is 0.240. The number of hydrogen-bond acceptors (Lipinski definition) is 5. The molecule has 4 rings (SSSR count). The number of benzene rings is 3. The number of nitrogens with one attached hydrogen (secondary N) is 1. The summed E-state index contributed by atoms with van der Waals surface area (Å²) in [4.78, 5) is 4.79. The lowest BCUT2D eigenvalue weighted by Gasteiger charge is -2.18. The van der Waals surface area contributed by atoms with Crippen molar-refractivity contribution in [3.8, 4) is 11.5 Å². The van der Waals surface area contributed by atoms with Crippen LogP contribution in [-0.2, 0) is 6.61 Å². The van der Waals surface area contributed by atoms with Crippen LogP contribution in [0, 0.1) is 27.7 Å². The summed E-state index contributed by atoms with van der Waals surface area (Å²) in [5.74, 6) is 1.70. The van der Waals surface area contributed by atoms with Crippen molar-refractivity contribution in [2.75, 3.05) is 12.4 Å². The molecule has 160 valence electrons. The molecular formula is C25H25BrN2O2S. The van der Waals surface area contributed by atoms with Crippen LogP contribution in [0.3, 0.4) is 0 Å². The first-order valence-corrected chi connectivity index (χ1v) is 11.7. The number of aryl methyl sites for hydroxylation is 3. The number of hydrogen-bond donors (Lipinski definition) is 1. The van der Waals surface area contributed by atoms with E-state index < -0.39 is 0 Å². The highest BCUT2D eigenvalue weighted by Crippen LogP contribution is 2.40. The number of halogens is 1. The Morgan fingerprint density at radius 3 is 2.42 bits per heavy atom. The summed E-state index contributed by atoms with van der Waals surface area (Å²) < 4.78 is 13.6. The topological polar surface area (TPSA) is 43.4 Å². The molecule has 0 bridgehead atoms. The Morgan fingerprint density at radius 1 is 0.968 bits per heavy atom. The molecule has 0 atom stereocenters. The molecule has 4 nitrogen and oxygen atoms in total. The minimum Gasteiger partial charge on any atom is -0.497 e. The van der Waals surface area contributed by atoms with Crippen LogP contribution < -0.4 is 14.8 Å². The number of rotatable bonds is 6. The summed E-state index contributed by atoms with van der Waals surface area (Å²) in [6.45, 7) is 8.86. The minimum absolute atomic E-state index is 0.497. The van der Waals surface area contributed by atoms with Crippen molar-refractivity contribution in [2.24, 2.45) is 0 Å². The van der Waals surface area contributed by atoms with E-state index in [4.69, 9.17) is 14.5 Å². The highest BCUT2D eigenvalue weighted by Gasteiger charge is 2.16. The lowest BCUT2D eigenvalue weighted by Crippen LogP contribution is -2.02. The van der Waals surface area contributed by atoms with Gasteiger partial charge in [-0.15, -0.1) is 11.3 Å². The Kier molecular flexibility index (Phi) is 6.21. The maximum absolute atomic E-state index is 6.16. The van der Waals surface area contributed by atoms with Gasteiger partial charge in [0.15, 0.2) is 0 Å². The highest BCUT2D eigenvalue weighted by molar-refractivity contribution is 9.10. The summed E-state index contributed by atoms with van der Waals surface area (Å²) in [5, 5.41) is 4.71. The molecule has 0 fully saturated rings. The fourth-order valence-corrected chi connectivity index (χ4v) is 5.14. The summed E-state index contributed by atoms with van der Waals surface area (Å²) in [5.41, 5.74) is 7.58. The van der Waals surface area contributed by atoms with Crippen LogP contribution in [0.2, 0.25) is 0 Å². The number of anilines is 2. The Bertz CT molecular complexity index is 1250. The summed E-state index contributed by atoms with van der Waals surface area (Å²) >= 11 is 5.46. The number of aromatic nitrogens is 1. The van der Waals surface area contributed by atoms with E-state index in [1.807, 2.05) is 37.3 Å². The van der Waals surface area contributed by atoms with E-state index in [0.29, 0.717) is 6.61 Å². The molecule has 1 aromatic heterocycles. The van der Waals surface area contributed by atoms with Gasteiger partial charge in [-0.1, -0.05) is 18.2 Å². The van der Waals surface area contributed by atoms with Gasteiger partial charge in [-0.3, -0.25) is 0 Å². The zero-order valence-electron chi connectivity index (χ0n) is 18.3. The molecule has 4 aromatic rings. The molecule has 0 saturated heterocycles. The SMILES string of the molecule is COc1ccc(COc2ccc(C)c(Nc3c(Br)cc(C)c4sc(C)nc34)c2C)cc1. The summed E-state index contributed by atoms with van der Waals surface area (Å²) in [7, 11) is 1.67. The van der Waals surface area contributed by atoms with Crippen LogP contribution in [0.25, 0.3) is 10.2 Å². The van der Waals surface area contributed by atoms with Gasteiger partial charge in [0.1, 0.15) is 23.6 Å². The summed E-state index contributed by atoms with van der Waals surface area (Å²) in [6, 6.07) is 14.2. The Morgan fingerprint density at radius 2 is 1.71 bits per heavy atom. The summed E-state index contributed by atoms with van der Waals surface area (Å²) in [6.07, 6.45) is 0. The van der Waals surface area contributed by atoms with Gasteiger partial charge in [-0.2, -0.15) is 0 Å². The lowest BCUT2D eigenvalue weighted by atomic mass is 10.1. The number of thiazole rings is 1. The largest absolute Gasteiger partial charge is 0.497 e. The van der Waals surface area contributed by atoms with Crippen molar-refractivity contribution in [1.29, 1.82) is 0 Å². The standard InChI is InChI=1S/C25H25BrN2O2S/c1-14-6-11-21(30-13-18-7-9-19(29-5)10-8-18)16(3)22(14)28-23-20(26)12-15(2)25-24(23)27-17(4)31-25/h6-12,28H,13H2,1-5H3. The molecule has 1 N–H and O–H groups in total. The molecule has 0 aliphatic rings. The first-order valence-electron chi connectivity index (χ1n) is 10.1. The molecule has 0 unspecified atom stereocenters. The van der Waals surface area contributed by atoms with Crippen LogP contribution in [0.1, 0.15) is 27.3 Å². The van der Waals surface area contributed by atoms with Crippen LogP contribution >= 0.6 is 27.3 Å². The van der Waals surface area contributed by atoms with Crippen LogP contribution in [0.15, 0.2) is 46.9 Å². The normalized spacial score (nSPS) is 11.0. The second-order valence-corrected chi connectivity index (χ2v) is 9.66. The van der Waals surface area contributed by atoms with Crippen molar-refractivity contribution in [3.63, 3.8) is 0 Å². The first kappa shape index (κ1) is 21.7. The van der Waals surface area contributed by atoms with E-state index in [2.05, 4.69) is 54.2 Å². The van der Waals surface area contributed by atoms with Gasteiger partial charge < -0.3 is 14.8 Å². The van der Waals surface area contributed by atoms with Gasteiger partial charge in [0, 0.05) is 15.7 Å². The molecule has 0 amide bonds. The van der Waals surface area contributed by atoms with E-state index in [9.17, 15) is 0 Å². The Balaban J connectivity index is 1.64. The third-order valence-electron chi connectivity index (χ3n) is 5.34. The van der Waals surface area contributed by atoms with Crippen LogP contribution in [0.4, 0.5) is 11.4 Å². The maximum atomic E-state index is 6.16. The van der Waals surface area contributed by atoms with Crippen molar-refractivity contribution in [1.82, 2.24) is 4.98 Å². The third kappa shape index (κ3) is 4.41. The molecule has 0 saturated carbocycles. The number of methoxy groups -OCH3 is 1. The van der Waals surface area contributed by atoms with Crippen molar-refractivity contribution >= 4 is 48.9 Å². The predicted molar refractivity (Wildman–Crippen MR) is 133 cm³/mol. The van der Waals surface area contributed by atoms with Crippen LogP contribution in [0.5, 0.6) is 11.5 Å². The molecule has 0 radical (unpaired) electrons. The lowest BCUT2D eigenvalue weighted by molar-refractivity contribution is 0.304. The van der Waals surface area contributed by atoms with Gasteiger partial charge in [0.2, 0.25) is 0 Å². The molecule has 1 heterocycles. The zero-order chi connectivity index (χ0) is 22.1. The minimum atomic E-state index is 0.497. The monoisotopic (exact) mass is 496 g/mol. The number of nitrogens with zero attached hydrogens (tertiary/aromatic N) is 1. The van der Waals surface area contributed by atoms with Crippen molar-refractivity contribution in [2.45, 2.75) is 34.3 Å². The van der Waals surface area contributed by atoms with Crippen molar-refractivity contribution in [3.05, 3.63) is 74.2 Å². The molecule has 0 aliphatic carbocycles. The van der Waals surface area contributed by atoms with Gasteiger partial charge in [-0.05, 0) is 84.6 Å². The van der Waals surface area contributed by atoms with E-state index in [-0.39, 0.29) is 0 Å². The second kappa shape index (κ2) is 8.89. The zero-order valence-corrected chi connectivity index (χ0v) is 20.7. The molecule has 6 heteroatoms. The quantitative estimate of drug-likeness (QED) is 0.298. The highest BCUT2D eigenvalue weighted by atomic mass is 79.9. The molecule has 0 spiro atoms. The Hall–Kier alpha value is -2.57. The van der Waals surface area contributed by atoms with E-state index >= 15 is 0 Å². The van der Waals surface area contributed by atoms with Gasteiger partial charge in [0.25, 0.3) is 0 Å². The molecule has 3 aromatic carbocycles. The smallest absolute Gasteiger partial charge is 0.124 e. The fourth-order valence-electron chi connectivity index (χ4n) is 3.61. The first-order chi connectivity index (χ1) is 14.9. The number of ether oxygens (including phenoxy) is 2. The average molecular weight is 497 g/mol. The van der Waals surface area contributed by atoms with Crippen molar-refractivity contribution < 1.29 is 9.47 Å². The second-order valence-electron chi connectivity index (χ2n) is 7.60. The van der Waals surface area contributed by atoms with E-state index in [0.717, 1.165) is 54.6 Å². The van der Waals surface area contributed by atoms with E-state index in [1.54, 1.807) is 18.4 Å². The Labute approximate surface area is 195 Å². The van der Waals surface area contributed by atoms with Crippen LogP contribution in [-0.4, -0.2) is 12.1 Å². The molecule has 31 heavy (non-hydrogen) atoms. The maximum Gasteiger partial charge on any atom is 0.124 e. The molecule has 0 aliphatic heterocycles. The predicted octanol–water partition coefficient (Wildman–Crippen LogP) is 7.62.